The van der Waals surface area contributed by atoms with E-state index in [4.69, 9.17) is 11.6 Å². The van der Waals surface area contributed by atoms with Crippen LogP contribution in [-0.4, -0.2) is 59.3 Å². The molecule has 2 aromatic rings. The smallest absolute Gasteiger partial charge is 0.323 e. The Bertz CT molecular complexity index is 819. The predicted octanol–water partition coefficient (Wildman–Crippen LogP) is 3.16. The van der Waals surface area contributed by atoms with Crippen LogP contribution in [0.3, 0.4) is 0 Å². The van der Waals surface area contributed by atoms with E-state index in [-0.39, 0.29) is 6.03 Å². The summed E-state index contributed by atoms with van der Waals surface area (Å²) in [6.45, 7) is 5.41. The maximum absolute atomic E-state index is 12.8. The quantitative estimate of drug-likeness (QED) is 0.857. The van der Waals surface area contributed by atoms with Crippen molar-refractivity contribution in [1.29, 1.82) is 0 Å². The number of aryl methyl sites for hydroxylation is 1. The highest BCUT2D eigenvalue weighted by molar-refractivity contribution is 6.30. The Morgan fingerprint density at radius 1 is 1.26 bits per heavy atom. The number of carbonyl (C=O) groups excluding carboxylic acids is 1. The third-order valence-corrected chi connectivity index (χ3v) is 5.98. The second-order valence-electron chi connectivity index (χ2n) is 8.05. The molecule has 4 rings (SSSR count). The van der Waals surface area contributed by atoms with E-state index < -0.39 is 0 Å². The van der Waals surface area contributed by atoms with Gasteiger partial charge in [0, 0.05) is 30.2 Å². The van der Waals surface area contributed by atoms with Crippen molar-refractivity contribution < 1.29 is 4.79 Å². The summed E-state index contributed by atoms with van der Waals surface area (Å²) in [5.41, 5.74) is 2.05. The van der Waals surface area contributed by atoms with Crippen molar-refractivity contribution in [3.63, 3.8) is 0 Å². The van der Waals surface area contributed by atoms with Crippen molar-refractivity contribution in [3.8, 4) is 0 Å². The average molecular weight is 388 g/mol. The Morgan fingerprint density at radius 2 is 1.93 bits per heavy atom. The summed E-state index contributed by atoms with van der Waals surface area (Å²) in [6.07, 6.45) is 1.79. The number of nitrogens with zero attached hydrogens (tertiary/aromatic N) is 4. The van der Waals surface area contributed by atoms with Gasteiger partial charge in [0.1, 0.15) is 5.82 Å². The van der Waals surface area contributed by atoms with Crippen molar-refractivity contribution in [2.24, 2.45) is 17.8 Å². The molecule has 1 aromatic heterocycles. The lowest BCUT2D eigenvalue weighted by atomic mass is 10.2. The van der Waals surface area contributed by atoms with Gasteiger partial charge in [-0.3, -0.25) is 5.32 Å². The maximum Gasteiger partial charge on any atom is 0.323 e. The number of likely N-dealkylation sites (tertiary alicyclic amines) is 1. The molecule has 1 aliphatic heterocycles. The van der Waals surface area contributed by atoms with Crippen LogP contribution in [0, 0.1) is 24.7 Å². The topological polar surface area (TPSA) is 53.4 Å². The van der Waals surface area contributed by atoms with Crippen molar-refractivity contribution in [2.45, 2.75) is 13.5 Å². The van der Waals surface area contributed by atoms with Crippen LogP contribution >= 0.6 is 11.6 Å². The van der Waals surface area contributed by atoms with Crippen LogP contribution in [0.4, 0.5) is 10.6 Å². The number of amides is 2. The molecule has 27 heavy (non-hydrogen) atoms. The predicted molar refractivity (Wildman–Crippen MR) is 107 cm³/mol. The molecule has 2 fully saturated rings. The van der Waals surface area contributed by atoms with E-state index in [9.17, 15) is 4.79 Å². The highest BCUT2D eigenvalue weighted by Crippen LogP contribution is 2.51. The molecule has 144 valence electrons. The Kier molecular flexibility index (Phi) is 4.86. The highest BCUT2D eigenvalue weighted by atomic mass is 35.5. The zero-order chi connectivity index (χ0) is 19.1. The molecular formula is C20H26ClN5O. The molecule has 0 bridgehead atoms. The van der Waals surface area contributed by atoms with Crippen LogP contribution in [0.5, 0.6) is 0 Å². The lowest BCUT2D eigenvalue weighted by Crippen LogP contribution is -2.37. The highest BCUT2D eigenvalue weighted by Gasteiger charge is 2.56. The summed E-state index contributed by atoms with van der Waals surface area (Å²) in [7, 11) is 4.23. The number of halogens is 1. The summed E-state index contributed by atoms with van der Waals surface area (Å²) in [5.74, 6) is 2.85. The summed E-state index contributed by atoms with van der Waals surface area (Å²) in [4.78, 5) is 16.9. The molecule has 1 saturated heterocycles. The molecule has 1 N–H and O–H groups in total. The van der Waals surface area contributed by atoms with E-state index in [1.807, 2.05) is 40.8 Å². The first-order valence-electron chi connectivity index (χ1n) is 9.40. The van der Waals surface area contributed by atoms with Gasteiger partial charge in [-0.1, -0.05) is 23.7 Å². The van der Waals surface area contributed by atoms with Crippen molar-refractivity contribution in [2.75, 3.05) is 39.0 Å². The van der Waals surface area contributed by atoms with Gasteiger partial charge in [-0.25, -0.2) is 9.48 Å². The minimum Gasteiger partial charge on any atom is -0.324 e. The van der Waals surface area contributed by atoms with Crippen LogP contribution in [0.1, 0.15) is 11.1 Å². The number of fused-ring (bicyclic) bond motifs is 1. The molecule has 1 saturated carbocycles. The van der Waals surface area contributed by atoms with E-state index in [2.05, 4.69) is 29.4 Å². The molecule has 1 aromatic carbocycles. The van der Waals surface area contributed by atoms with Crippen LogP contribution in [0.2, 0.25) is 5.02 Å². The van der Waals surface area contributed by atoms with Gasteiger partial charge < -0.3 is 9.80 Å². The third-order valence-electron chi connectivity index (χ3n) is 5.73. The Hall–Kier alpha value is -2.05. The molecule has 0 radical (unpaired) electrons. The second-order valence-corrected chi connectivity index (χ2v) is 8.49. The molecule has 3 atom stereocenters. The number of rotatable bonds is 5. The van der Waals surface area contributed by atoms with Gasteiger partial charge in [-0.15, -0.1) is 0 Å². The maximum atomic E-state index is 12.8. The summed E-state index contributed by atoms with van der Waals surface area (Å²) >= 11 is 5.96. The number of anilines is 1. The van der Waals surface area contributed by atoms with Crippen LogP contribution < -0.4 is 5.32 Å². The molecule has 2 aliphatic rings. The fourth-order valence-corrected chi connectivity index (χ4v) is 4.34. The number of benzene rings is 1. The van der Waals surface area contributed by atoms with Crippen molar-refractivity contribution in [3.05, 3.63) is 46.6 Å². The monoisotopic (exact) mass is 387 g/mol. The molecule has 6 nitrogen and oxygen atoms in total. The van der Waals surface area contributed by atoms with Crippen LogP contribution in [-0.2, 0) is 6.54 Å². The third kappa shape index (κ3) is 3.82. The van der Waals surface area contributed by atoms with E-state index >= 15 is 0 Å². The molecular weight excluding hydrogens is 362 g/mol. The molecule has 2 heterocycles. The average Bonchev–Trinajstić information content (AvgIpc) is 2.97. The number of nitrogens with one attached hydrogen (secondary N) is 1. The Balaban J connectivity index is 1.38. The Morgan fingerprint density at radius 3 is 2.56 bits per heavy atom. The number of aromatic nitrogens is 2. The molecule has 2 amide bonds. The Labute approximate surface area is 165 Å². The standard InChI is InChI=1S/C20H26ClN5O/c1-13-8-22-26(9-14-4-6-15(21)7-5-14)19(13)23-20(27)25-11-17-16(10-24(2)3)18(17)12-25/h4-8,16-18H,9-12H2,1-3H3,(H,23,27)/t16?,17-,18+. The fraction of sp³-hybridized carbons (Fsp3) is 0.500. The van der Waals surface area contributed by atoms with Gasteiger partial charge >= 0.3 is 6.03 Å². The molecule has 1 unspecified atom stereocenters. The minimum absolute atomic E-state index is 0.0215. The first-order chi connectivity index (χ1) is 12.9. The van der Waals surface area contributed by atoms with Crippen molar-refractivity contribution >= 4 is 23.4 Å². The largest absolute Gasteiger partial charge is 0.324 e. The SMILES string of the molecule is Cc1cnn(Cc2ccc(Cl)cc2)c1NC(=O)N1C[C@@H]2C(CN(C)C)[C@@H]2C1. The van der Waals surface area contributed by atoms with Gasteiger partial charge in [-0.2, -0.15) is 5.10 Å². The summed E-state index contributed by atoms with van der Waals surface area (Å²) in [6, 6.07) is 7.66. The van der Waals surface area contributed by atoms with Crippen molar-refractivity contribution in [1.82, 2.24) is 19.6 Å². The second kappa shape index (κ2) is 7.17. The number of carbonyl (C=O) groups is 1. The van der Waals surface area contributed by atoms with E-state index in [0.717, 1.165) is 42.5 Å². The number of urea groups is 1. The van der Waals surface area contributed by atoms with E-state index in [1.165, 1.54) is 0 Å². The summed E-state index contributed by atoms with van der Waals surface area (Å²) < 4.78 is 1.84. The zero-order valence-corrected chi connectivity index (χ0v) is 16.8. The first kappa shape index (κ1) is 18.3. The van der Waals surface area contributed by atoms with E-state index in [1.54, 1.807) is 6.20 Å². The zero-order valence-electron chi connectivity index (χ0n) is 16.0. The number of hydrogen-bond donors (Lipinski definition) is 1. The number of hydrogen-bond acceptors (Lipinski definition) is 3. The molecule has 7 heteroatoms. The van der Waals surface area contributed by atoms with Gasteiger partial charge in [0.15, 0.2) is 0 Å². The van der Waals surface area contributed by atoms with E-state index in [0.29, 0.717) is 23.4 Å². The van der Waals surface area contributed by atoms with Crippen LogP contribution in [0.15, 0.2) is 30.5 Å². The summed E-state index contributed by atoms with van der Waals surface area (Å²) in [5, 5.41) is 8.22. The van der Waals surface area contributed by atoms with Crippen LogP contribution in [0.25, 0.3) is 0 Å². The minimum atomic E-state index is -0.0215. The lowest BCUT2D eigenvalue weighted by Gasteiger charge is -2.22. The van der Waals surface area contributed by atoms with Gasteiger partial charge in [0.05, 0.1) is 12.7 Å². The van der Waals surface area contributed by atoms with Gasteiger partial charge in [0.2, 0.25) is 0 Å². The normalized spacial score (nSPS) is 23.6. The molecule has 1 aliphatic carbocycles. The lowest BCUT2D eigenvalue weighted by molar-refractivity contribution is 0.212. The van der Waals surface area contributed by atoms with Gasteiger partial charge in [-0.05, 0) is 56.5 Å². The first-order valence-corrected chi connectivity index (χ1v) is 9.77. The number of piperidine rings is 1. The molecule has 0 spiro atoms. The van der Waals surface area contributed by atoms with Gasteiger partial charge in [0.25, 0.3) is 0 Å². The fourth-order valence-electron chi connectivity index (χ4n) is 4.21.